The first-order valence-corrected chi connectivity index (χ1v) is 11.8. The fourth-order valence-corrected chi connectivity index (χ4v) is 5.79. The quantitative estimate of drug-likeness (QED) is 0.195. The highest BCUT2D eigenvalue weighted by Crippen LogP contribution is 2.65. The lowest BCUT2D eigenvalue weighted by Crippen LogP contribution is -2.39. The van der Waals surface area contributed by atoms with Gasteiger partial charge in [0.05, 0.1) is 12.6 Å². The minimum atomic E-state index is -5.61. The Kier molecular flexibility index (Phi) is 6.77. The largest absolute Gasteiger partial charge is 0.489 e. The van der Waals surface area contributed by atoms with Crippen LogP contribution in [0.4, 0.5) is 5.82 Å². The first kappa shape index (κ1) is 22.7. The number of hydrogen-bond acceptors (Lipinski definition) is 10. The number of rotatable bonds is 7. The zero-order valence-corrected chi connectivity index (χ0v) is 16.5. The molecule has 19 heteroatoms. The molecule has 0 aromatic carbocycles. The minimum Gasteiger partial charge on any atom is -0.387 e. The number of hydrogen-bond donors (Lipinski definition) is 7. The van der Waals surface area contributed by atoms with Gasteiger partial charge >= 0.3 is 23.4 Å². The molecule has 1 saturated heterocycles. The van der Waals surface area contributed by atoms with E-state index in [2.05, 4.69) is 13.6 Å². The van der Waals surface area contributed by atoms with Crippen LogP contribution < -0.4 is 10.8 Å². The first-order chi connectivity index (χ1) is 12.2. The summed E-state index contributed by atoms with van der Waals surface area (Å²) in [4.78, 5) is 39.5. The van der Waals surface area contributed by atoms with Crippen molar-refractivity contribution >= 4 is 41.4 Å². The summed E-state index contributed by atoms with van der Waals surface area (Å²) in [5.74, 6) is 0.121. The summed E-state index contributed by atoms with van der Waals surface area (Å²) in [5, 5.41) is 12.1. The van der Waals surface area contributed by atoms with Gasteiger partial charge in [0.2, 0.25) is 4.77 Å². The van der Waals surface area contributed by atoms with Crippen molar-refractivity contribution in [3.63, 3.8) is 0 Å². The molecule has 1 aliphatic rings. The standard InChI is InChI=1S/C8H15N4O11P3S/c9-5-1-2-12(8(27)10-5)7-6(13)4(3-21-7)11-24(14,15)22-26(19,20)23-25(16,17)18/h1-2,4,6-7,13H,3H2,(H,19,20)(H2,9,10,27)(H2,11,14,15)(H2,16,17,18)/t4-,6+,7+/m0/s1. The molecule has 0 spiro atoms. The molecule has 2 rings (SSSR count). The molecule has 1 aromatic heterocycles. The van der Waals surface area contributed by atoms with E-state index in [9.17, 15) is 23.7 Å². The number of phosphoric acid groups is 2. The van der Waals surface area contributed by atoms with Crippen LogP contribution in [0, 0.1) is 4.77 Å². The van der Waals surface area contributed by atoms with Gasteiger partial charge in [-0.3, -0.25) is 4.57 Å². The monoisotopic (exact) mass is 468 g/mol. The predicted molar refractivity (Wildman–Crippen MR) is 89.3 cm³/mol. The Morgan fingerprint density at radius 2 is 1.93 bits per heavy atom. The molecule has 1 fully saturated rings. The van der Waals surface area contributed by atoms with E-state index in [0.29, 0.717) is 0 Å². The lowest BCUT2D eigenvalue weighted by molar-refractivity contribution is -0.0116. The normalized spacial score (nSPS) is 27.8. The van der Waals surface area contributed by atoms with Crippen LogP contribution in [-0.2, 0) is 27.1 Å². The Labute approximate surface area is 156 Å². The molecule has 15 nitrogen and oxygen atoms in total. The van der Waals surface area contributed by atoms with Crippen LogP contribution in [0.1, 0.15) is 6.23 Å². The molecule has 2 unspecified atom stereocenters. The van der Waals surface area contributed by atoms with E-state index in [0.717, 1.165) is 0 Å². The number of anilines is 1. The summed E-state index contributed by atoms with van der Waals surface area (Å²) < 4.78 is 47.6. The van der Waals surface area contributed by atoms with Crippen molar-refractivity contribution < 1.29 is 51.7 Å². The van der Waals surface area contributed by atoms with Crippen LogP contribution in [0.15, 0.2) is 12.3 Å². The number of nitrogens with one attached hydrogen (secondary N) is 1. The lowest BCUT2D eigenvalue weighted by Gasteiger charge is -2.23. The first-order valence-electron chi connectivity index (χ1n) is 6.75. The smallest absolute Gasteiger partial charge is 0.387 e. The fourth-order valence-electron chi connectivity index (χ4n) is 2.10. The molecule has 0 bridgehead atoms. The molecular weight excluding hydrogens is 453 g/mol. The molecule has 1 aromatic rings. The molecule has 0 amide bonds. The Morgan fingerprint density at radius 1 is 1.30 bits per heavy atom. The second kappa shape index (κ2) is 8.05. The molecule has 0 radical (unpaired) electrons. The van der Waals surface area contributed by atoms with Crippen molar-refractivity contribution in [1.29, 1.82) is 0 Å². The van der Waals surface area contributed by atoms with Crippen molar-refractivity contribution in [2.45, 2.75) is 18.4 Å². The van der Waals surface area contributed by atoms with Crippen LogP contribution in [-0.4, -0.2) is 53.0 Å². The van der Waals surface area contributed by atoms with E-state index in [1.54, 1.807) is 0 Å². The maximum absolute atomic E-state index is 11.9. The Bertz CT molecular complexity index is 904. The van der Waals surface area contributed by atoms with Gasteiger partial charge in [0.15, 0.2) is 6.23 Å². The third-order valence-electron chi connectivity index (χ3n) is 3.03. The second-order valence-corrected chi connectivity index (χ2v) is 10.0. The van der Waals surface area contributed by atoms with E-state index in [1.807, 2.05) is 5.09 Å². The van der Waals surface area contributed by atoms with Gasteiger partial charge in [0.25, 0.3) is 0 Å². The summed E-state index contributed by atoms with van der Waals surface area (Å²) in [5.41, 5.74) is 5.46. The van der Waals surface area contributed by atoms with Gasteiger partial charge in [-0.1, -0.05) is 0 Å². The van der Waals surface area contributed by atoms with E-state index in [1.165, 1.54) is 16.8 Å². The number of ether oxygens (including phenoxy) is 1. The molecule has 8 N–H and O–H groups in total. The summed E-state index contributed by atoms with van der Waals surface area (Å²) in [6.45, 7) is -0.360. The third-order valence-corrected chi connectivity index (χ3v) is 7.38. The minimum absolute atomic E-state index is 0.0435. The highest BCUT2D eigenvalue weighted by molar-refractivity contribution is 7.71. The van der Waals surface area contributed by atoms with Crippen molar-refractivity contribution in [3.05, 3.63) is 17.0 Å². The van der Waals surface area contributed by atoms with Crippen molar-refractivity contribution in [2.24, 2.45) is 0 Å². The Balaban J connectivity index is 2.09. The van der Waals surface area contributed by atoms with Gasteiger partial charge in [-0.2, -0.15) is 8.62 Å². The van der Waals surface area contributed by atoms with Crippen LogP contribution in [0.3, 0.4) is 0 Å². The Morgan fingerprint density at radius 3 is 2.48 bits per heavy atom. The van der Waals surface area contributed by atoms with E-state index in [-0.39, 0.29) is 17.2 Å². The molecule has 5 atom stereocenters. The van der Waals surface area contributed by atoms with E-state index in [4.69, 9.17) is 37.4 Å². The Hall–Kier alpha value is -0.570. The summed E-state index contributed by atoms with van der Waals surface area (Å²) in [6, 6.07) is 0.0778. The van der Waals surface area contributed by atoms with Crippen LogP contribution in [0.2, 0.25) is 0 Å². The molecule has 154 valence electrons. The number of nitrogens with zero attached hydrogens (tertiary/aromatic N) is 2. The van der Waals surface area contributed by atoms with E-state index >= 15 is 0 Å². The van der Waals surface area contributed by atoms with Gasteiger partial charge in [-0.25, -0.2) is 23.8 Å². The van der Waals surface area contributed by atoms with Gasteiger partial charge < -0.3 is 35.2 Å². The number of aliphatic hydroxyl groups excluding tert-OH is 1. The summed E-state index contributed by atoms with van der Waals surface area (Å²) in [6.07, 6.45) is -1.26. The molecule has 0 aliphatic carbocycles. The fraction of sp³-hybridized carbons (Fsp3) is 0.500. The van der Waals surface area contributed by atoms with Gasteiger partial charge in [-0.05, 0) is 18.3 Å². The van der Waals surface area contributed by atoms with Crippen LogP contribution in [0.25, 0.3) is 0 Å². The lowest BCUT2D eigenvalue weighted by atomic mass is 10.2. The second-order valence-electron chi connectivity index (χ2n) is 5.14. The van der Waals surface area contributed by atoms with Crippen LogP contribution >= 0.6 is 35.6 Å². The van der Waals surface area contributed by atoms with Crippen molar-refractivity contribution in [2.75, 3.05) is 12.3 Å². The maximum Gasteiger partial charge on any atom is 0.489 e. The average Bonchev–Trinajstić information content (AvgIpc) is 2.75. The third kappa shape index (κ3) is 6.48. The highest BCUT2D eigenvalue weighted by atomic mass is 32.1. The maximum atomic E-state index is 11.9. The molecule has 27 heavy (non-hydrogen) atoms. The summed E-state index contributed by atoms with van der Waals surface area (Å²) >= 11 is 4.97. The number of aliphatic hydroxyl groups is 1. The van der Waals surface area contributed by atoms with Crippen LogP contribution in [0.5, 0.6) is 0 Å². The van der Waals surface area contributed by atoms with Gasteiger partial charge in [0.1, 0.15) is 11.9 Å². The molecule has 2 heterocycles. The molecule has 1 aliphatic heterocycles. The zero-order valence-electron chi connectivity index (χ0n) is 13.0. The zero-order chi connectivity index (χ0) is 20.6. The predicted octanol–water partition coefficient (Wildman–Crippen LogP) is -0.631. The average molecular weight is 468 g/mol. The number of nitrogen functional groups attached to an aromatic ring is 1. The van der Waals surface area contributed by atoms with Crippen molar-refractivity contribution in [3.8, 4) is 0 Å². The SMILES string of the molecule is Nc1ccn([C@@H]2OC[C@H](NP(=O)(O)OP(=O)(O)OP(=O)(O)O)[C@H]2O)c(=S)n1. The van der Waals surface area contributed by atoms with E-state index < -0.39 is 41.8 Å². The molecular formula is C8H15N4O11P3S. The molecule has 0 saturated carbocycles. The van der Waals surface area contributed by atoms with Gasteiger partial charge in [-0.15, -0.1) is 0 Å². The number of aromatic nitrogens is 2. The van der Waals surface area contributed by atoms with Gasteiger partial charge in [0, 0.05) is 6.20 Å². The number of nitrogens with two attached hydrogens (primary N) is 1. The highest BCUT2D eigenvalue weighted by Gasteiger charge is 2.45. The topological polar surface area (TPSA) is 236 Å². The summed E-state index contributed by atoms with van der Waals surface area (Å²) in [7, 11) is -16.3. The van der Waals surface area contributed by atoms with Crippen molar-refractivity contribution in [1.82, 2.24) is 14.6 Å².